The molecule has 0 radical (unpaired) electrons. The molecule has 2 rings (SSSR count). The number of carbonyl (C=O) groups excluding carboxylic acids is 2. The first-order valence-corrected chi connectivity index (χ1v) is 8.29. The number of carbonyl (C=O) groups is 2. The van der Waals surface area contributed by atoms with E-state index in [2.05, 4.69) is 10.3 Å². The molecule has 1 amide bonds. The van der Waals surface area contributed by atoms with Gasteiger partial charge in [0.25, 0.3) is 5.91 Å². The molecule has 1 N–H and O–H groups in total. The predicted molar refractivity (Wildman–Crippen MR) is 93.8 cm³/mol. The van der Waals surface area contributed by atoms with Gasteiger partial charge in [0.15, 0.2) is 0 Å². The molecule has 0 saturated heterocycles. The number of rotatable bonds is 6. The minimum absolute atomic E-state index is 0.126. The van der Waals surface area contributed by atoms with Crippen LogP contribution in [0.15, 0.2) is 29.3 Å². The molecule has 0 aromatic heterocycles. The molecule has 6 heteroatoms. The van der Waals surface area contributed by atoms with Gasteiger partial charge in [0, 0.05) is 5.69 Å². The summed E-state index contributed by atoms with van der Waals surface area (Å²) in [7, 11) is 0. The van der Waals surface area contributed by atoms with Crippen LogP contribution in [0.1, 0.15) is 32.8 Å². The molecular weight excluding hydrogens is 306 g/mol. The fourth-order valence-corrected chi connectivity index (χ4v) is 2.60. The van der Waals surface area contributed by atoms with Crippen LogP contribution in [0.2, 0.25) is 0 Å². The largest absolute Gasteiger partial charge is 0.465 e. The summed E-state index contributed by atoms with van der Waals surface area (Å²) >= 11 is 0. The second-order valence-electron chi connectivity index (χ2n) is 6.32. The first-order chi connectivity index (χ1) is 11.4. The van der Waals surface area contributed by atoms with Gasteiger partial charge in [-0.3, -0.25) is 14.5 Å². The third-order valence-electron chi connectivity index (χ3n) is 3.65. The zero-order chi connectivity index (χ0) is 17.7. The number of benzene rings is 1. The van der Waals surface area contributed by atoms with Gasteiger partial charge in [-0.1, -0.05) is 26.0 Å². The maximum atomic E-state index is 12.6. The van der Waals surface area contributed by atoms with E-state index >= 15 is 0 Å². The number of nitrogens with zero attached hydrogens (tertiary/aromatic N) is 2. The van der Waals surface area contributed by atoms with Gasteiger partial charge >= 0.3 is 5.97 Å². The molecule has 1 aliphatic heterocycles. The maximum Gasteiger partial charge on any atom is 0.326 e. The van der Waals surface area contributed by atoms with E-state index in [0.29, 0.717) is 18.3 Å². The van der Waals surface area contributed by atoms with Crippen LogP contribution in [0.3, 0.4) is 0 Å². The van der Waals surface area contributed by atoms with Gasteiger partial charge in [0.1, 0.15) is 12.6 Å². The predicted octanol–water partition coefficient (Wildman–Crippen LogP) is 2.58. The maximum absolute atomic E-state index is 12.6. The minimum atomic E-state index is -0.452. The van der Waals surface area contributed by atoms with Crippen LogP contribution < -0.4 is 5.32 Å². The number of hydrogen-bond donors (Lipinski definition) is 1. The molecule has 0 spiro atoms. The summed E-state index contributed by atoms with van der Waals surface area (Å²) in [5, 5.41) is 3.16. The lowest BCUT2D eigenvalue weighted by molar-refractivity contribution is -0.146. The van der Waals surface area contributed by atoms with E-state index in [0.717, 1.165) is 11.3 Å². The first-order valence-electron chi connectivity index (χ1n) is 8.29. The molecular formula is C18H25N3O3. The summed E-state index contributed by atoms with van der Waals surface area (Å²) in [5.74, 6) is 0.150. The van der Waals surface area contributed by atoms with Crippen LogP contribution in [0.25, 0.3) is 0 Å². The number of aryl methyl sites for hydroxylation is 1. The van der Waals surface area contributed by atoms with Crippen LogP contribution in [0, 0.1) is 12.8 Å². The lowest BCUT2D eigenvalue weighted by Gasteiger charge is -2.19. The number of aliphatic imine (C=N–C) groups is 1. The Morgan fingerprint density at radius 2 is 2.17 bits per heavy atom. The van der Waals surface area contributed by atoms with Crippen molar-refractivity contribution in [2.75, 3.05) is 18.5 Å². The lowest BCUT2D eigenvalue weighted by Crippen LogP contribution is -2.42. The summed E-state index contributed by atoms with van der Waals surface area (Å²) in [4.78, 5) is 30.3. The number of amides is 1. The minimum Gasteiger partial charge on any atom is -0.465 e. The van der Waals surface area contributed by atoms with Crippen LogP contribution in [-0.4, -0.2) is 41.9 Å². The zero-order valence-corrected chi connectivity index (χ0v) is 14.7. The molecule has 1 heterocycles. The van der Waals surface area contributed by atoms with Crippen LogP contribution in [0.4, 0.5) is 5.69 Å². The van der Waals surface area contributed by atoms with Crippen molar-refractivity contribution in [2.24, 2.45) is 10.9 Å². The van der Waals surface area contributed by atoms with Crippen LogP contribution >= 0.6 is 0 Å². The van der Waals surface area contributed by atoms with Crippen molar-refractivity contribution < 1.29 is 14.3 Å². The van der Waals surface area contributed by atoms with E-state index in [1.807, 2.05) is 45.0 Å². The number of ether oxygens (including phenoxy) is 1. The monoisotopic (exact) mass is 331 g/mol. The summed E-state index contributed by atoms with van der Waals surface area (Å²) in [6, 6.07) is 7.33. The van der Waals surface area contributed by atoms with E-state index in [-0.39, 0.29) is 19.1 Å². The Bertz CT molecular complexity index is 640. The standard InChI is InChI=1S/C18H25N3O3/c1-5-24-16(22)11-21-17(23)15(9-12(2)3)20-18(21)19-14-8-6-7-13(4)10-14/h6-8,10,12,15H,5,9,11H2,1-4H3,(H,19,20)/t15-/m0/s1. The molecule has 1 aromatic carbocycles. The Morgan fingerprint density at radius 3 is 2.79 bits per heavy atom. The normalized spacial score (nSPS) is 17.2. The van der Waals surface area contributed by atoms with E-state index in [1.165, 1.54) is 4.90 Å². The number of guanidine groups is 1. The molecule has 24 heavy (non-hydrogen) atoms. The van der Waals surface area contributed by atoms with Crippen molar-refractivity contribution in [3.63, 3.8) is 0 Å². The van der Waals surface area contributed by atoms with Gasteiger partial charge in [-0.2, -0.15) is 0 Å². The topological polar surface area (TPSA) is 71.0 Å². The molecule has 1 atom stereocenters. The van der Waals surface area contributed by atoms with Crippen molar-refractivity contribution >= 4 is 23.5 Å². The molecule has 0 fully saturated rings. The van der Waals surface area contributed by atoms with Crippen molar-refractivity contribution in [3.8, 4) is 0 Å². The quantitative estimate of drug-likeness (QED) is 0.813. The third-order valence-corrected chi connectivity index (χ3v) is 3.65. The second-order valence-corrected chi connectivity index (χ2v) is 6.32. The van der Waals surface area contributed by atoms with Gasteiger partial charge < -0.3 is 10.1 Å². The van der Waals surface area contributed by atoms with E-state index < -0.39 is 12.0 Å². The highest BCUT2D eigenvalue weighted by molar-refractivity contribution is 6.11. The molecule has 0 bridgehead atoms. The highest BCUT2D eigenvalue weighted by Gasteiger charge is 2.36. The highest BCUT2D eigenvalue weighted by atomic mass is 16.5. The van der Waals surface area contributed by atoms with Crippen LogP contribution in [-0.2, 0) is 14.3 Å². The van der Waals surface area contributed by atoms with Crippen molar-refractivity contribution in [3.05, 3.63) is 29.8 Å². The Labute approximate surface area is 142 Å². The average Bonchev–Trinajstić information content (AvgIpc) is 2.76. The van der Waals surface area contributed by atoms with E-state index in [9.17, 15) is 9.59 Å². The Kier molecular flexibility index (Phi) is 5.95. The molecule has 130 valence electrons. The van der Waals surface area contributed by atoms with Crippen LogP contribution in [0.5, 0.6) is 0 Å². The summed E-state index contributed by atoms with van der Waals surface area (Å²) in [6.45, 7) is 7.98. The Morgan fingerprint density at radius 1 is 1.42 bits per heavy atom. The van der Waals surface area contributed by atoms with Gasteiger partial charge in [0.2, 0.25) is 5.96 Å². The zero-order valence-electron chi connectivity index (χ0n) is 14.7. The number of anilines is 1. The fraction of sp³-hybridized carbons (Fsp3) is 0.500. The lowest BCUT2D eigenvalue weighted by atomic mass is 10.0. The van der Waals surface area contributed by atoms with Gasteiger partial charge in [-0.05, 0) is 43.9 Å². The number of nitrogens with one attached hydrogen (secondary N) is 1. The molecule has 1 aliphatic rings. The highest BCUT2D eigenvalue weighted by Crippen LogP contribution is 2.20. The van der Waals surface area contributed by atoms with Crippen molar-refractivity contribution in [1.82, 2.24) is 4.90 Å². The summed E-state index contributed by atoms with van der Waals surface area (Å²) < 4.78 is 4.97. The molecule has 0 saturated carbocycles. The van der Waals surface area contributed by atoms with Crippen molar-refractivity contribution in [1.29, 1.82) is 0 Å². The molecule has 6 nitrogen and oxygen atoms in total. The summed E-state index contributed by atoms with van der Waals surface area (Å²) in [6.07, 6.45) is 0.650. The Balaban J connectivity index is 2.20. The number of hydrogen-bond acceptors (Lipinski definition) is 5. The first kappa shape index (κ1) is 18.0. The SMILES string of the molecule is CCOC(=O)CN1C(=O)[C@H](CC(C)C)N=C1Nc1cccc(C)c1. The fourth-order valence-electron chi connectivity index (χ4n) is 2.60. The molecule has 0 unspecified atom stereocenters. The Hall–Kier alpha value is -2.37. The van der Waals surface area contributed by atoms with E-state index in [4.69, 9.17) is 4.74 Å². The van der Waals surface area contributed by atoms with Gasteiger partial charge in [0.05, 0.1) is 6.61 Å². The average molecular weight is 331 g/mol. The van der Waals surface area contributed by atoms with Gasteiger partial charge in [-0.15, -0.1) is 0 Å². The third kappa shape index (κ3) is 4.57. The summed E-state index contributed by atoms with van der Waals surface area (Å²) in [5.41, 5.74) is 1.93. The smallest absolute Gasteiger partial charge is 0.326 e. The molecule has 1 aromatic rings. The second kappa shape index (κ2) is 7.95. The van der Waals surface area contributed by atoms with E-state index in [1.54, 1.807) is 6.92 Å². The molecule has 0 aliphatic carbocycles. The van der Waals surface area contributed by atoms with Gasteiger partial charge in [-0.25, -0.2) is 4.99 Å². The number of esters is 1. The van der Waals surface area contributed by atoms with Crippen molar-refractivity contribution in [2.45, 2.75) is 40.2 Å².